The van der Waals surface area contributed by atoms with Gasteiger partial charge in [0.2, 0.25) is 5.82 Å². The molecule has 0 radical (unpaired) electrons. The molecule has 1 aromatic rings. The third-order valence-corrected chi connectivity index (χ3v) is 2.52. The van der Waals surface area contributed by atoms with Gasteiger partial charge in [-0.05, 0) is 11.6 Å². The summed E-state index contributed by atoms with van der Waals surface area (Å²) >= 11 is 0. The molecule has 2 unspecified atom stereocenters. The zero-order chi connectivity index (χ0) is 13.2. The lowest BCUT2D eigenvalue weighted by Gasteiger charge is -2.16. The van der Waals surface area contributed by atoms with E-state index in [0.29, 0.717) is 5.56 Å². The number of hydrogen-bond acceptors (Lipinski definition) is 4. The summed E-state index contributed by atoms with van der Waals surface area (Å²) in [5, 5.41) is 19.1. The van der Waals surface area contributed by atoms with E-state index in [2.05, 4.69) is 0 Å². The van der Waals surface area contributed by atoms with Crippen LogP contribution in [0.5, 0.6) is 0 Å². The van der Waals surface area contributed by atoms with Crippen LogP contribution >= 0.6 is 0 Å². The Morgan fingerprint density at radius 1 is 1.59 bits per heavy atom. The normalized spacial score (nSPS) is 14.1. The van der Waals surface area contributed by atoms with Gasteiger partial charge in [-0.2, -0.15) is 4.39 Å². The van der Waals surface area contributed by atoms with Crippen LogP contribution in [-0.4, -0.2) is 22.0 Å². The van der Waals surface area contributed by atoms with Crippen LogP contribution < -0.4 is 5.73 Å². The first-order valence-electron chi connectivity index (χ1n) is 4.76. The maximum absolute atomic E-state index is 13.3. The molecule has 6 nitrogen and oxygen atoms in total. The van der Waals surface area contributed by atoms with Crippen molar-refractivity contribution in [2.24, 2.45) is 5.73 Å². The van der Waals surface area contributed by atoms with E-state index in [1.165, 1.54) is 13.0 Å². The Kier molecular flexibility index (Phi) is 3.74. The summed E-state index contributed by atoms with van der Waals surface area (Å²) in [4.78, 5) is 20.2. The number of nitrogens with zero attached hydrogens (tertiary/aromatic N) is 1. The van der Waals surface area contributed by atoms with E-state index in [-0.39, 0.29) is 0 Å². The van der Waals surface area contributed by atoms with E-state index in [1.54, 1.807) is 0 Å². The number of benzene rings is 1. The van der Waals surface area contributed by atoms with Gasteiger partial charge in [0.05, 0.1) is 4.92 Å². The number of nitrogens with two attached hydrogens (primary N) is 1. The van der Waals surface area contributed by atoms with Crippen LogP contribution in [0.15, 0.2) is 18.2 Å². The number of hydrogen-bond donors (Lipinski definition) is 2. The lowest BCUT2D eigenvalue weighted by atomic mass is 9.93. The molecule has 0 fully saturated rings. The topological polar surface area (TPSA) is 106 Å². The molecule has 0 bridgehead atoms. The number of aliphatic carboxylic acids is 1. The maximum atomic E-state index is 13.3. The summed E-state index contributed by atoms with van der Waals surface area (Å²) in [5.74, 6) is -2.85. The molecule has 0 aliphatic carbocycles. The fourth-order valence-corrected chi connectivity index (χ4v) is 1.38. The summed E-state index contributed by atoms with van der Waals surface area (Å²) in [6.07, 6.45) is 0. The van der Waals surface area contributed by atoms with Crippen LogP contribution in [0.25, 0.3) is 0 Å². The number of carbonyl (C=O) groups is 1. The third kappa shape index (κ3) is 2.76. The first-order chi connectivity index (χ1) is 7.84. The van der Waals surface area contributed by atoms with Crippen molar-refractivity contribution in [1.29, 1.82) is 0 Å². The number of rotatable bonds is 4. The lowest BCUT2D eigenvalue weighted by Crippen LogP contribution is -2.35. The fourth-order valence-electron chi connectivity index (χ4n) is 1.38. The molecule has 0 aliphatic rings. The van der Waals surface area contributed by atoms with Crippen LogP contribution in [0.4, 0.5) is 10.1 Å². The van der Waals surface area contributed by atoms with Crippen molar-refractivity contribution < 1.29 is 19.2 Å². The van der Waals surface area contributed by atoms with Gasteiger partial charge in [-0.25, -0.2) is 0 Å². The van der Waals surface area contributed by atoms with E-state index in [9.17, 15) is 19.3 Å². The zero-order valence-corrected chi connectivity index (χ0v) is 8.96. The Morgan fingerprint density at radius 2 is 2.18 bits per heavy atom. The number of nitro benzene ring substituents is 1. The van der Waals surface area contributed by atoms with E-state index >= 15 is 0 Å². The molecule has 0 saturated carbocycles. The molecule has 3 N–H and O–H groups in total. The van der Waals surface area contributed by atoms with Gasteiger partial charge in [0.1, 0.15) is 6.04 Å². The van der Waals surface area contributed by atoms with E-state index in [1.807, 2.05) is 0 Å². The SMILES string of the molecule is CC(c1ccc([N+](=O)[O-])c(F)c1)C(N)C(=O)O. The standard InChI is InChI=1S/C10H11FN2O4/c1-5(9(12)10(14)15)6-2-3-8(13(16)17)7(11)4-6/h2-5,9H,12H2,1H3,(H,14,15). The highest BCUT2D eigenvalue weighted by atomic mass is 19.1. The Morgan fingerprint density at radius 3 is 2.59 bits per heavy atom. The smallest absolute Gasteiger partial charge is 0.321 e. The largest absolute Gasteiger partial charge is 0.480 e. The molecule has 92 valence electrons. The van der Waals surface area contributed by atoms with Gasteiger partial charge in [-0.3, -0.25) is 14.9 Å². The molecule has 2 atom stereocenters. The van der Waals surface area contributed by atoms with Crippen LogP contribution in [0.2, 0.25) is 0 Å². The number of carboxylic acid groups (broad SMARTS) is 1. The maximum Gasteiger partial charge on any atom is 0.321 e. The molecule has 0 aromatic heterocycles. The van der Waals surface area contributed by atoms with Crippen molar-refractivity contribution in [3.8, 4) is 0 Å². The molecule has 0 saturated heterocycles. The van der Waals surface area contributed by atoms with Crippen molar-refractivity contribution in [3.63, 3.8) is 0 Å². The van der Waals surface area contributed by atoms with Gasteiger partial charge in [-0.1, -0.05) is 13.0 Å². The first kappa shape index (κ1) is 13.0. The lowest BCUT2D eigenvalue weighted by molar-refractivity contribution is -0.387. The van der Waals surface area contributed by atoms with Crippen molar-refractivity contribution in [2.75, 3.05) is 0 Å². The summed E-state index contributed by atoms with van der Waals surface area (Å²) in [7, 11) is 0. The molecule has 0 aliphatic heterocycles. The molecule has 0 heterocycles. The van der Waals surface area contributed by atoms with Gasteiger partial charge < -0.3 is 10.8 Å². The van der Waals surface area contributed by atoms with Crippen LogP contribution in [0, 0.1) is 15.9 Å². The van der Waals surface area contributed by atoms with E-state index in [4.69, 9.17) is 10.8 Å². The molecular formula is C10H11FN2O4. The van der Waals surface area contributed by atoms with Gasteiger partial charge >= 0.3 is 11.7 Å². The van der Waals surface area contributed by atoms with Gasteiger partial charge in [0, 0.05) is 12.0 Å². The quantitative estimate of drug-likeness (QED) is 0.610. The number of nitro groups is 1. The molecule has 17 heavy (non-hydrogen) atoms. The second kappa shape index (κ2) is 4.88. The Labute approximate surface area is 96.0 Å². The van der Waals surface area contributed by atoms with Crippen LogP contribution in [0.3, 0.4) is 0 Å². The minimum absolute atomic E-state index is 0.308. The summed E-state index contributed by atoms with van der Waals surface area (Å²) in [6, 6.07) is 2.05. The molecule has 0 spiro atoms. The second-order valence-corrected chi connectivity index (χ2v) is 3.62. The fraction of sp³-hybridized carbons (Fsp3) is 0.300. The average Bonchev–Trinajstić information content (AvgIpc) is 2.26. The Balaban J connectivity index is 3.05. The minimum atomic E-state index is -1.21. The van der Waals surface area contributed by atoms with E-state index < -0.39 is 34.4 Å². The van der Waals surface area contributed by atoms with Crippen LogP contribution in [-0.2, 0) is 4.79 Å². The summed E-state index contributed by atoms with van der Waals surface area (Å²) < 4.78 is 13.3. The predicted octanol–water partition coefficient (Wildman–Crippen LogP) is 1.25. The van der Waals surface area contributed by atoms with Gasteiger partial charge in [-0.15, -0.1) is 0 Å². The second-order valence-electron chi connectivity index (χ2n) is 3.62. The molecule has 1 aromatic carbocycles. The molecule has 0 amide bonds. The van der Waals surface area contributed by atoms with Crippen molar-refractivity contribution in [1.82, 2.24) is 0 Å². The van der Waals surface area contributed by atoms with Crippen molar-refractivity contribution in [3.05, 3.63) is 39.7 Å². The Bertz CT molecular complexity index is 464. The van der Waals surface area contributed by atoms with Gasteiger partial charge in [0.25, 0.3) is 0 Å². The highest BCUT2D eigenvalue weighted by Gasteiger charge is 2.23. The van der Waals surface area contributed by atoms with Crippen molar-refractivity contribution >= 4 is 11.7 Å². The zero-order valence-electron chi connectivity index (χ0n) is 8.96. The summed E-state index contributed by atoms with van der Waals surface area (Å²) in [6.45, 7) is 1.51. The van der Waals surface area contributed by atoms with Crippen LogP contribution in [0.1, 0.15) is 18.4 Å². The Hall–Kier alpha value is -2.02. The third-order valence-electron chi connectivity index (χ3n) is 2.52. The highest BCUT2D eigenvalue weighted by molar-refractivity contribution is 5.74. The predicted molar refractivity (Wildman–Crippen MR) is 57.1 cm³/mol. The monoisotopic (exact) mass is 242 g/mol. The average molecular weight is 242 g/mol. The van der Waals surface area contributed by atoms with Gasteiger partial charge in [0.15, 0.2) is 0 Å². The number of halogens is 1. The van der Waals surface area contributed by atoms with E-state index in [0.717, 1.165) is 12.1 Å². The molecular weight excluding hydrogens is 231 g/mol. The first-order valence-corrected chi connectivity index (χ1v) is 4.76. The molecule has 1 rings (SSSR count). The molecule has 7 heteroatoms. The minimum Gasteiger partial charge on any atom is -0.480 e. The van der Waals surface area contributed by atoms with Crippen molar-refractivity contribution in [2.45, 2.75) is 18.9 Å². The number of carboxylic acids is 1. The highest BCUT2D eigenvalue weighted by Crippen LogP contribution is 2.24. The summed E-state index contributed by atoms with van der Waals surface area (Å²) in [5.41, 5.74) is 5.04.